The molecule has 1 saturated carbocycles. The quantitative estimate of drug-likeness (QED) is 0.246. The number of anilines is 2. The summed E-state index contributed by atoms with van der Waals surface area (Å²) >= 11 is 6.26. The van der Waals surface area contributed by atoms with E-state index < -0.39 is 10.0 Å². The normalized spacial score (nSPS) is 20.2. The topological polar surface area (TPSA) is 88.2 Å². The Hall–Kier alpha value is -3.27. The third-order valence-corrected chi connectivity index (χ3v) is 10.5. The minimum absolute atomic E-state index is 0.00130. The second-order valence-corrected chi connectivity index (χ2v) is 14.9. The summed E-state index contributed by atoms with van der Waals surface area (Å²) in [6, 6.07) is 19.4. The third kappa shape index (κ3) is 7.76. The van der Waals surface area contributed by atoms with E-state index in [1.165, 1.54) is 0 Å². The molecular weight excluding hydrogens is 610 g/mol. The van der Waals surface area contributed by atoms with Crippen LogP contribution < -0.4 is 24.0 Å². The van der Waals surface area contributed by atoms with Crippen LogP contribution >= 0.6 is 11.6 Å². The van der Waals surface area contributed by atoms with Crippen LogP contribution in [0.4, 0.5) is 11.4 Å². The van der Waals surface area contributed by atoms with Crippen molar-refractivity contribution < 1.29 is 22.7 Å². The molecule has 45 heavy (non-hydrogen) atoms. The minimum Gasteiger partial charge on any atom is -0.493 e. The lowest BCUT2D eigenvalue weighted by Gasteiger charge is -2.38. The van der Waals surface area contributed by atoms with Gasteiger partial charge in [-0.1, -0.05) is 23.7 Å². The number of methoxy groups -OCH3 is 1. The predicted molar refractivity (Wildman–Crippen MR) is 181 cm³/mol. The maximum atomic E-state index is 13.9. The molecule has 5 rings (SSSR count). The summed E-state index contributed by atoms with van der Waals surface area (Å²) in [6.45, 7) is 6.51. The maximum absolute atomic E-state index is 13.9. The maximum Gasteiger partial charge on any atom is 0.232 e. The second-order valence-electron chi connectivity index (χ2n) is 12.4. The van der Waals surface area contributed by atoms with Gasteiger partial charge in [-0.2, -0.15) is 0 Å². The smallest absolute Gasteiger partial charge is 0.232 e. The van der Waals surface area contributed by atoms with Crippen molar-refractivity contribution in [2.75, 3.05) is 36.3 Å². The average molecular weight is 654 g/mol. The molecule has 1 N–H and O–H groups in total. The minimum atomic E-state index is -3.18. The highest BCUT2D eigenvalue weighted by Gasteiger charge is 2.36. The monoisotopic (exact) mass is 653 g/mol. The molecular formula is C35H44ClN3O5S. The molecule has 0 saturated heterocycles. The fraction of sp³-hybridized carbons (Fsp3) is 0.457. The van der Waals surface area contributed by atoms with Crippen LogP contribution in [0, 0.1) is 5.92 Å². The highest BCUT2D eigenvalue weighted by molar-refractivity contribution is 7.89. The molecule has 1 aliphatic heterocycles. The van der Waals surface area contributed by atoms with Crippen molar-refractivity contribution in [2.45, 2.75) is 71.1 Å². The molecule has 0 aromatic heterocycles. The zero-order valence-electron chi connectivity index (χ0n) is 26.8. The zero-order valence-corrected chi connectivity index (χ0v) is 28.3. The fourth-order valence-electron chi connectivity index (χ4n) is 6.49. The number of nitrogens with one attached hydrogen (secondary N) is 1. The lowest BCUT2D eigenvalue weighted by Crippen LogP contribution is -2.41. The van der Waals surface area contributed by atoms with Gasteiger partial charge in [0.1, 0.15) is 0 Å². The lowest BCUT2D eigenvalue weighted by atomic mass is 9.86. The molecule has 3 aromatic carbocycles. The summed E-state index contributed by atoms with van der Waals surface area (Å²) in [6.07, 6.45) is 3.89. The summed E-state index contributed by atoms with van der Waals surface area (Å²) in [5, 5.41) is 0.634. The van der Waals surface area contributed by atoms with E-state index in [1.807, 2.05) is 67.3 Å². The summed E-state index contributed by atoms with van der Waals surface area (Å²) in [5.74, 6) is 1.86. The molecule has 3 aromatic rings. The van der Waals surface area contributed by atoms with E-state index in [0.29, 0.717) is 22.4 Å². The Morgan fingerprint density at radius 3 is 2.27 bits per heavy atom. The molecule has 1 amide bonds. The van der Waals surface area contributed by atoms with Gasteiger partial charge in [0.2, 0.25) is 15.9 Å². The summed E-state index contributed by atoms with van der Waals surface area (Å²) in [5.41, 5.74) is 4.74. The Morgan fingerprint density at radius 1 is 1.00 bits per heavy atom. The Bertz CT molecular complexity index is 1590. The molecule has 0 bridgehead atoms. The molecule has 242 valence electrons. The van der Waals surface area contributed by atoms with Crippen molar-refractivity contribution >= 4 is 38.9 Å². The van der Waals surface area contributed by atoms with Gasteiger partial charge < -0.3 is 19.3 Å². The molecule has 10 heteroatoms. The highest BCUT2D eigenvalue weighted by atomic mass is 35.5. The third-order valence-electron chi connectivity index (χ3n) is 8.81. The van der Waals surface area contributed by atoms with Gasteiger partial charge in [-0.3, -0.25) is 4.79 Å². The number of benzene rings is 3. The molecule has 2 aliphatic rings. The van der Waals surface area contributed by atoms with Crippen LogP contribution in [0.25, 0.3) is 0 Å². The number of carbonyl (C=O) groups is 1. The van der Waals surface area contributed by atoms with E-state index in [1.54, 1.807) is 14.0 Å². The fourth-order valence-corrected chi connectivity index (χ4v) is 7.53. The second kappa shape index (κ2) is 14.0. The molecule has 0 radical (unpaired) electrons. The summed E-state index contributed by atoms with van der Waals surface area (Å²) in [4.78, 5) is 18.0. The Morgan fingerprint density at radius 2 is 1.67 bits per heavy atom. The van der Waals surface area contributed by atoms with Crippen LogP contribution in [0.15, 0.2) is 60.7 Å². The zero-order chi connectivity index (χ0) is 32.3. The van der Waals surface area contributed by atoms with Crippen LogP contribution in [0.5, 0.6) is 11.5 Å². The number of ether oxygens (including phenoxy) is 2. The van der Waals surface area contributed by atoms with Crippen molar-refractivity contribution in [3.05, 3.63) is 82.4 Å². The van der Waals surface area contributed by atoms with Crippen LogP contribution in [-0.4, -0.2) is 52.9 Å². The van der Waals surface area contributed by atoms with Gasteiger partial charge in [-0.25, -0.2) is 13.1 Å². The number of hydrogen-bond acceptors (Lipinski definition) is 6. The van der Waals surface area contributed by atoms with Gasteiger partial charge in [-0.15, -0.1) is 0 Å². The predicted octanol–water partition coefficient (Wildman–Crippen LogP) is 6.75. The summed E-state index contributed by atoms with van der Waals surface area (Å²) < 4.78 is 38.5. The molecule has 1 fully saturated rings. The molecule has 1 atom stereocenters. The Labute approximate surface area is 272 Å². The SMILES string of the molecule is CCS(=O)(=O)NC1CCC(CN(C)c2ccc(N3C(=O)Cc4cc(OC)c(OC(C)C)cc4[C@@H]3c3ccc(Cl)cc3)cc2)CC1. The standard InChI is InChI=1S/C35H44ClN3O5S/c1-6-45(41,42)37-28-13-7-24(8-14-28)22-38(4)29-15-17-30(18-16-29)39-34(40)20-26-19-32(43-5)33(44-23(2)3)21-31(26)35(39)25-9-11-27(36)12-10-25/h9-12,15-19,21,23-24,28,35,37H,6-8,13-14,20,22H2,1-5H3/t24?,28?,35-/m0/s1. The first-order valence-corrected chi connectivity index (χ1v) is 17.8. The number of carbonyl (C=O) groups excluding carboxylic acids is 1. The van der Waals surface area contributed by atoms with Crippen molar-refractivity contribution in [1.29, 1.82) is 0 Å². The molecule has 0 unspecified atom stereocenters. The molecule has 1 heterocycles. The van der Waals surface area contributed by atoms with Gasteiger partial charge in [0, 0.05) is 36.0 Å². The van der Waals surface area contributed by atoms with Crippen LogP contribution in [0.1, 0.15) is 69.2 Å². The van der Waals surface area contributed by atoms with E-state index in [0.717, 1.165) is 60.3 Å². The van der Waals surface area contributed by atoms with E-state index in [-0.39, 0.29) is 36.3 Å². The van der Waals surface area contributed by atoms with Crippen molar-refractivity contribution in [2.24, 2.45) is 5.92 Å². The molecule has 1 aliphatic carbocycles. The lowest BCUT2D eigenvalue weighted by molar-refractivity contribution is -0.118. The number of fused-ring (bicyclic) bond motifs is 1. The van der Waals surface area contributed by atoms with Crippen LogP contribution in [0.3, 0.4) is 0 Å². The first kappa shape index (κ1) is 33.1. The van der Waals surface area contributed by atoms with Gasteiger partial charge >= 0.3 is 0 Å². The number of amides is 1. The van der Waals surface area contributed by atoms with E-state index in [9.17, 15) is 13.2 Å². The van der Waals surface area contributed by atoms with Gasteiger partial charge in [0.05, 0.1) is 31.4 Å². The van der Waals surface area contributed by atoms with Gasteiger partial charge in [0.15, 0.2) is 11.5 Å². The molecule has 0 spiro atoms. The number of nitrogens with zero attached hydrogens (tertiary/aromatic N) is 2. The number of hydrogen-bond donors (Lipinski definition) is 1. The van der Waals surface area contributed by atoms with Crippen LogP contribution in [0.2, 0.25) is 5.02 Å². The van der Waals surface area contributed by atoms with Crippen molar-refractivity contribution in [3.63, 3.8) is 0 Å². The largest absolute Gasteiger partial charge is 0.493 e. The highest BCUT2D eigenvalue weighted by Crippen LogP contribution is 2.44. The molecule has 8 nitrogen and oxygen atoms in total. The number of sulfonamides is 1. The van der Waals surface area contributed by atoms with Crippen LogP contribution in [-0.2, 0) is 21.2 Å². The van der Waals surface area contributed by atoms with E-state index >= 15 is 0 Å². The Kier molecular flexibility index (Phi) is 10.3. The van der Waals surface area contributed by atoms with Crippen molar-refractivity contribution in [3.8, 4) is 11.5 Å². The first-order valence-electron chi connectivity index (χ1n) is 15.7. The Balaban J connectivity index is 1.38. The summed E-state index contributed by atoms with van der Waals surface area (Å²) in [7, 11) is 0.524. The first-order chi connectivity index (χ1) is 21.5. The van der Waals surface area contributed by atoms with Gasteiger partial charge in [0.25, 0.3) is 0 Å². The van der Waals surface area contributed by atoms with E-state index in [4.69, 9.17) is 21.1 Å². The number of rotatable bonds is 11. The average Bonchev–Trinajstić information content (AvgIpc) is 3.01. The number of halogens is 1. The van der Waals surface area contributed by atoms with E-state index in [2.05, 4.69) is 28.8 Å². The van der Waals surface area contributed by atoms with Crippen molar-refractivity contribution in [1.82, 2.24) is 4.72 Å². The van der Waals surface area contributed by atoms with Gasteiger partial charge in [-0.05, 0) is 118 Å².